The number of hydrogen-bond acceptors (Lipinski definition) is 2. The molecule has 0 aliphatic heterocycles. The van der Waals surface area contributed by atoms with Gasteiger partial charge in [-0.2, -0.15) is 0 Å². The van der Waals surface area contributed by atoms with Gasteiger partial charge in [-0.3, -0.25) is 0 Å². The summed E-state index contributed by atoms with van der Waals surface area (Å²) < 4.78 is 5.47. The summed E-state index contributed by atoms with van der Waals surface area (Å²) in [5.74, 6) is 0.830. The van der Waals surface area contributed by atoms with Gasteiger partial charge in [0.05, 0.1) is 6.10 Å². The Morgan fingerprint density at radius 2 is 1.93 bits per heavy atom. The molecule has 1 atom stereocenters. The van der Waals surface area contributed by atoms with Gasteiger partial charge in [0.25, 0.3) is 0 Å². The molecule has 0 saturated carbocycles. The molecule has 0 aliphatic rings. The topological polar surface area (TPSA) is 29.5 Å². The van der Waals surface area contributed by atoms with Gasteiger partial charge in [-0.15, -0.1) is 0 Å². The van der Waals surface area contributed by atoms with E-state index < -0.39 is 0 Å². The van der Waals surface area contributed by atoms with Crippen molar-refractivity contribution in [3.05, 3.63) is 29.8 Å². The molecule has 0 bridgehead atoms. The maximum atomic E-state index is 9.57. The van der Waals surface area contributed by atoms with Crippen LogP contribution in [0.1, 0.15) is 31.7 Å². The van der Waals surface area contributed by atoms with Gasteiger partial charge in [-0.05, 0) is 25.5 Å². The molecule has 84 valence electrons. The quantitative estimate of drug-likeness (QED) is 0.779. The van der Waals surface area contributed by atoms with E-state index in [9.17, 15) is 5.11 Å². The lowest BCUT2D eigenvalue weighted by Gasteiger charge is -2.11. The van der Waals surface area contributed by atoms with E-state index in [4.69, 9.17) is 4.74 Å². The van der Waals surface area contributed by atoms with Crippen LogP contribution in [-0.4, -0.2) is 17.8 Å². The molecular weight excluding hydrogens is 188 g/mol. The maximum absolute atomic E-state index is 9.57. The van der Waals surface area contributed by atoms with E-state index >= 15 is 0 Å². The van der Waals surface area contributed by atoms with E-state index in [1.54, 1.807) is 0 Å². The Balaban J connectivity index is 2.27. The zero-order valence-electron chi connectivity index (χ0n) is 9.57. The second-order valence-corrected chi connectivity index (χ2v) is 3.92. The van der Waals surface area contributed by atoms with E-state index in [1.165, 1.54) is 5.56 Å². The molecule has 0 fully saturated rings. The van der Waals surface area contributed by atoms with Crippen molar-refractivity contribution in [1.82, 2.24) is 0 Å². The Labute approximate surface area is 91.9 Å². The van der Waals surface area contributed by atoms with Crippen LogP contribution in [0.5, 0.6) is 5.75 Å². The van der Waals surface area contributed by atoms with Gasteiger partial charge in [0.15, 0.2) is 0 Å². The van der Waals surface area contributed by atoms with Gasteiger partial charge >= 0.3 is 0 Å². The lowest BCUT2D eigenvalue weighted by molar-refractivity contribution is 0.0980. The molecule has 1 N–H and O–H groups in total. The van der Waals surface area contributed by atoms with Crippen molar-refractivity contribution >= 4 is 0 Å². The fourth-order valence-electron chi connectivity index (χ4n) is 1.35. The summed E-state index contributed by atoms with van der Waals surface area (Å²) in [4.78, 5) is 0. The number of aliphatic hydroxyl groups is 1. The summed E-state index contributed by atoms with van der Waals surface area (Å²) in [7, 11) is 0. The highest BCUT2D eigenvalue weighted by atomic mass is 16.5. The van der Waals surface area contributed by atoms with Crippen molar-refractivity contribution in [3.63, 3.8) is 0 Å². The minimum atomic E-state index is -0.341. The first-order chi connectivity index (χ1) is 7.22. The Kier molecular flexibility index (Phi) is 5.19. The van der Waals surface area contributed by atoms with Crippen LogP contribution in [0, 0.1) is 6.92 Å². The standard InChI is InChI=1S/C13H20O2/c1-3-4-5-12(14)10-15-13-8-6-11(2)7-9-13/h6-9,12,14H,3-5,10H2,1-2H3. The molecule has 0 amide bonds. The van der Waals surface area contributed by atoms with Gasteiger partial charge in [0.2, 0.25) is 0 Å². The third-order valence-corrected chi connectivity index (χ3v) is 2.35. The van der Waals surface area contributed by atoms with E-state index in [0.717, 1.165) is 25.0 Å². The van der Waals surface area contributed by atoms with Gasteiger partial charge < -0.3 is 9.84 Å². The molecule has 0 spiro atoms. The lowest BCUT2D eigenvalue weighted by atomic mass is 10.2. The van der Waals surface area contributed by atoms with Crippen molar-refractivity contribution in [2.45, 2.75) is 39.2 Å². The molecule has 1 unspecified atom stereocenters. The SMILES string of the molecule is CCCCC(O)COc1ccc(C)cc1. The molecule has 1 aromatic rings. The molecule has 1 aromatic carbocycles. The monoisotopic (exact) mass is 208 g/mol. The fourth-order valence-corrected chi connectivity index (χ4v) is 1.35. The minimum Gasteiger partial charge on any atom is -0.491 e. The largest absolute Gasteiger partial charge is 0.491 e. The van der Waals surface area contributed by atoms with Crippen molar-refractivity contribution in [2.24, 2.45) is 0 Å². The van der Waals surface area contributed by atoms with Crippen molar-refractivity contribution in [1.29, 1.82) is 0 Å². The Morgan fingerprint density at radius 1 is 1.27 bits per heavy atom. The Hall–Kier alpha value is -1.02. The number of aliphatic hydroxyl groups excluding tert-OH is 1. The average Bonchev–Trinajstić information content (AvgIpc) is 2.25. The van der Waals surface area contributed by atoms with Crippen LogP contribution in [-0.2, 0) is 0 Å². The predicted octanol–water partition coefficient (Wildman–Crippen LogP) is 2.92. The molecule has 1 rings (SSSR count). The highest BCUT2D eigenvalue weighted by Gasteiger charge is 2.03. The molecule has 0 saturated heterocycles. The molecule has 0 radical (unpaired) electrons. The summed E-state index contributed by atoms with van der Waals surface area (Å²) >= 11 is 0. The molecule has 15 heavy (non-hydrogen) atoms. The third-order valence-electron chi connectivity index (χ3n) is 2.35. The number of hydrogen-bond donors (Lipinski definition) is 1. The van der Waals surface area contributed by atoms with Gasteiger partial charge in [-0.25, -0.2) is 0 Å². The fraction of sp³-hybridized carbons (Fsp3) is 0.538. The highest BCUT2D eigenvalue weighted by Crippen LogP contribution is 2.12. The second kappa shape index (κ2) is 6.46. The first kappa shape index (κ1) is 12.1. The van der Waals surface area contributed by atoms with Crippen LogP contribution in [0.15, 0.2) is 24.3 Å². The molecule has 0 aliphatic carbocycles. The number of rotatable bonds is 6. The van der Waals surface area contributed by atoms with Crippen LogP contribution in [0.2, 0.25) is 0 Å². The number of unbranched alkanes of at least 4 members (excludes halogenated alkanes) is 1. The molecule has 0 heterocycles. The van der Waals surface area contributed by atoms with E-state index in [-0.39, 0.29) is 6.10 Å². The summed E-state index contributed by atoms with van der Waals surface area (Å²) in [5.41, 5.74) is 1.22. The Morgan fingerprint density at radius 3 is 2.53 bits per heavy atom. The maximum Gasteiger partial charge on any atom is 0.119 e. The van der Waals surface area contributed by atoms with Gasteiger partial charge in [0.1, 0.15) is 12.4 Å². The third kappa shape index (κ3) is 4.84. The first-order valence-corrected chi connectivity index (χ1v) is 5.60. The van der Waals surface area contributed by atoms with Crippen molar-refractivity contribution < 1.29 is 9.84 Å². The summed E-state index contributed by atoms with van der Waals surface area (Å²) in [6, 6.07) is 7.88. The molecule has 0 aromatic heterocycles. The van der Waals surface area contributed by atoms with E-state index in [1.807, 2.05) is 31.2 Å². The number of aryl methyl sites for hydroxylation is 1. The number of ether oxygens (including phenoxy) is 1. The summed E-state index contributed by atoms with van der Waals surface area (Å²) in [6.07, 6.45) is 2.65. The zero-order chi connectivity index (χ0) is 11.1. The van der Waals surface area contributed by atoms with Crippen LogP contribution < -0.4 is 4.74 Å². The molecular formula is C13H20O2. The number of benzene rings is 1. The smallest absolute Gasteiger partial charge is 0.119 e. The Bertz CT molecular complexity index is 266. The average molecular weight is 208 g/mol. The van der Waals surface area contributed by atoms with Crippen LogP contribution in [0.25, 0.3) is 0 Å². The molecule has 2 heteroatoms. The predicted molar refractivity (Wildman–Crippen MR) is 62.2 cm³/mol. The van der Waals surface area contributed by atoms with E-state index in [2.05, 4.69) is 6.92 Å². The van der Waals surface area contributed by atoms with Gasteiger partial charge in [0, 0.05) is 0 Å². The summed E-state index contributed by atoms with van der Waals surface area (Å²) in [5, 5.41) is 9.57. The lowest BCUT2D eigenvalue weighted by Crippen LogP contribution is -2.17. The van der Waals surface area contributed by atoms with Crippen LogP contribution in [0.4, 0.5) is 0 Å². The zero-order valence-corrected chi connectivity index (χ0v) is 9.57. The highest BCUT2D eigenvalue weighted by molar-refractivity contribution is 5.26. The first-order valence-electron chi connectivity index (χ1n) is 5.60. The molecule has 2 nitrogen and oxygen atoms in total. The van der Waals surface area contributed by atoms with Gasteiger partial charge in [-0.1, -0.05) is 37.5 Å². The second-order valence-electron chi connectivity index (χ2n) is 3.92. The minimum absolute atomic E-state index is 0.341. The van der Waals surface area contributed by atoms with Crippen molar-refractivity contribution in [2.75, 3.05) is 6.61 Å². The summed E-state index contributed by atoms with van der Waals surface area (Å²) in [6.45, 7) is 4.55. The van der Waals surface area contributed by atoms with E-state index in [0.29, 0.717) is 6.61 Å². The van der Waals surface area contributed by atoms with Crippen LogP contribution in [0.3, 0.4) is 0 Å². The van der Waals surface area contributed by atoms with Crippen molar-refractivity contribution in [3.8, 4) is 5.75 Å². The van der Waals surface area contributed by atoms with Crippen LogP contribution >= 0.6 is 0 Å². The normalized spacial score (nSPS) is 12.5.